The average molecular weight is 325 g/mol. The Bertz CT molecular complexity index is 674. The van der Waals surface area contributed by atoms with E-state index in [1.807, 2.05) is 36.7 Å². The number of carbonyl (C=O) groups excluding carboxylic acids is 1. The minimum atomic E-state index is -0.219. The highest BCUT2D eigenvalue weighted by atomic mass is 16.1. The van der Waals surface area contributed by atoms with Crippen molar-refractivity contribution in [2.24, 2.45) is 11.7 Å². The van der Waals surface area contributed by atoms with Gasteiger partial charge >= 0.3 is 0 Å². The van der Waals surface area contributed by atoms with Gasteiger partial charge in [0, 0.05) is 25.5 Å². The average Bonchev–Trinajstić information content (AvgIpc) is 2.63. The van der Waals surface area contributed by atoms with Crippen LogP contribution in [0.25, 0.3) is 0 Å². The number of aromatic nitrogens is 2. The second kappa shape index (κ2) is 7.29. The predicted octanol–water partition coefficient (Wildman–Crippen LogP) is 2.35. The summed E-state index contributed by atoms with van der Waals surface area (Å²) in [4.78, 5) is 22.2. The number of pyridine rings is 2. The number of anilines is 2. The molecule has 3 N–H and O–H groups in total. The second-order valence-electron chi connectivity index (χ2n) is 6.24. The summed E-state index contributed by atoms with van der Waals surface area (Å²) in [6.07, 6.45) is 7.29. The standard InChI is InChI=1S/C18H23N5O/c1-13(14-4-2-8-20-10-14)22-16-6-7-17(21-11-16)23-9-3-5-15(12-23)18(19)24/h2,4,6-8,10-11,13,15,22H,3,5,9,12H2,1H3,(H2,19,24)/t13-,15+/m1/s1. The molecule has 2 aromatic heterocycles. The zero-order valence-corrected chi connectivity index (χ0v) is 13.9. The van der Waals surface area contributed by atoms with Crippen LogP contribution in [0.15, 0.2) is 42.9 Å². The molecular weight excluding hydrogens is 302 g/mol. The summed E-state index contributed by atoms with van der Waals surface area (Å²) < 4.78 is 0. The molecule has 1 saturated heterocycles. The van der Waals surface area contributed by atoms with Crippen molar-refractivity contribution in [2.45, 2.75) is 25.8 Å². The predicted molar refractivity (Wildman–Crippen MR) is 94.6 cm³/mol. The second-order valence-corrected chi connectivity index (χ2v) is 6.24. The van der Waals surface area contributed by atoms with Gasteiger partial charge in [-0.2, -0.15) is 0 Å². The van der Waals surface area contributed by atoms with Crippen LogP contribution in [-0.2, 0) is 4.79 Å². The molecule has 3 heterocycles. The minimum Gasteiger partial charge on any atom is -0.377 e. The van der Waals surface area contributed by atoms with Gasteiger partial charge in [-0.15, -0.1) is 0 Å². The summed E-state index contributed by atoms with van der Waals surface area (Å²) in [6, 6.07) is 8.13. The van der Waals surface area contributed by atoms with Crippen molar-refractivity contribution in [3.8, 4) is 0 Å². The molecule has 0 bridgehead atoms. The molecule has 0 radical (unpaired) electrons. The molecule has 0 aromatic carbocycles. The molecule has 1 aliphatic heterocycles. The molecule has 2 aromatic rings. The van der Waals surface area contributed by atoms with Crippen molar-refractivity contribution < 1.29 is 4.79 Å². The minimum absolute atomic E-state index is 0.0797. The summed E-state index contributed by atoms with van der Waals surface area (Å²) >= 11 is 0. The van der Waals surface area contributed by atoms with Crippen molar-refractivity contribution in [1.29, 1.82) is 0 Å². The smallest absolute Gasteiger partial charge is 0.222 e. The summed E-state index contributed by atoms with van der Waals surface area (Å²) in [5.41, 5.74) is 7.52. The van der Waals surface area contributed by atoms with Crippen LogP contribution in [-0.4, -0.2) is 29.0 Å². The lowest BCUT2D eigenvalue weighted by molar-refractivity contribution is -0.122. The van der Waals surface area contributed by atoms with Crippen molar-refractivity contribution in [2.75, 3.05) is 23.3 Å². The number of primary amides is 1. The molecular formula is C18H23N5O. The summed E-state index contributed by atoms with van der Waals surface area (Å²) in [5.74, 6) is 0.591. The first-order valence-electron chi connectivity index (χ1n) is 8.30. The summed E-state index contributed by atoms with van der Waals surface area (Å²) in [6.45, 7) is 3.66. The summed E-state index contributed by atoms with van der Waals surface area (Å²) in [7, 11) is 0. The van der Waals surface area contributed by atoms with Crippen LogP contribution in [0.3, 0.4) is 0 Å². The van der Waals surface area contributed by atoms with Gasteiger partial charge < -0.3 is 16.0 Å². The molecule has 0 spiro atoms. The van der Waals surface area contributed by atoms with E-state index in [1.165, 1.54) is 0 Å². The van der Waals surface area contributed by atoms with Gasteiger partial charge in [-0.25, -0.2) is 4.98 Å². The van der Waals surface area contributed by atoms with E-state index in [9.17, 15) is 4.79 Å². The fraction of sp³-hybridized carbons (Fsp3) is 0.389. The molecule has 1 amide bonds. The van der Waals surface area contributed by atoms with Crippen LogP contribution in [0, 0.1) is 5.92 Å². The monoisotopic (exact) mass is 325 g/mol. The first kappa shape index (κ1) is 16.2. The van der Waals surface area contributed by atoms with Crippen molar-refractivity contribution in [3.05, 3.63) is 48.4 Å². The third-order valence-electron chi connectivity index (χ3n) is 4.46. The highest BCUT2D eigenvalue weighted by Crippen LogP contribution is 2.24. The molecule has 2 atom stereocenters. The van der Waals surface area contributed by atoms with Gasteiger partial charge in [0.2, 0.25) is 5.91 Å². The lowest BCUT2D eigenvalue weighted by Gasteiger charge is -2.32. The van der Waals surface area contributed by atoms with Crippen molar-refractivity contribution >= 4 is 17.4 Å². The first-order valence-corrected chi connectivity index (χ1v) is 8.30. The van der Waals surface area contributed by atoms with E-state index in [2.05, 4.69) is 27.1 Å². The Morgan fingerprint density at radius 3 is 2.92 bits per heavy atom. The molecule has 6 nitrogen and oxygen atoms in total. The van der Waals surface area contributed by atoms with Gasteiger partial charge in [0.15, 0.2) is 0 Å². The van der Waals surface area contributed by atoms with Gasteiger partial charge in [-0.05, 0) is 43.5 Å². The van der Waals surface area contributed by atoms with E-state index in [0.717, 1.165) is 36.5 Å². The fourth-order valence-corrected chi connectivity index (χ4v) is 3.04. The van der Waals surface area contributed by atoms with Crippen molar-refractivity contribution in [3.63, 3.8) is 0 Å². The number of rotatable bonds is 5. The lowest BCUT2D eigenvalue weighted by atomic mass is 9.97. The number of nitrogens with two attached hydrogens (primary N) is 1. The molecule has 0 aliphatic carbocycles. The fourth-order valence-electron chi connectivity index (χ4n) is 3.04. The van der Waals surface area contributed by atoms with E-state index >= 15 is 0 Å². The number of piperidine rings is 1. The van der Waals surface area contributed by atoms with E-state index in [-0.39, 0.29) is 17.9 Å². The number of nitrogens with one attached hydrogen (secondary N) is 1. The number of hydrogen-bond acceptors (Lipinski definition) is 5. The van der Waals surface area contributed by atoms with Crippen LogP contribution in [0.1, 0.15) is 31.4 Å². The number of amides is 1. The molecule has 6 heteroatoms. The zero-order chi connectivity index (χ0) is 16.9. The Hall–Kier alpha value is -2.63. The highest BCUT2D eigenvalue weighted by Gasteiger charge is 2.24. The Labute approximate surface area is 142 Å². The van der Waals surface area contributed by atoms with Crippen LogP contribution in [0.4, 0.5) is 11.5 Å². The van der Waals surface area contributed by atoms with Crippen LogP contribution >= 0.6 is 0 Å². The highest BCUT2D eigenvalue weighted by molar-refractivity contribution is 5.77. The molecule has 3 rings (SSSR count). The Morgan fingerprint density at radius 1 is 1.38 bits per heavy atom. The first-order chi connectivity index (χ1) is 11.6. The van der Waals surface area contributed by atoms with Crippen LogP contribution in [0.2, 0.25) is 0 Å². The quantitative estimate of drug-likeness (QED) is 0.881. The maximum Gasteiger partial charge on any atom is 0.222 e. The van der Waals surface area contributed by atoms with E-state index in [0.29, 0.717) is 6.54 Å². The van der Waals surface area contributed by atoms with Gasteiger partial charge in [-0.1, -0.05) is 6.07 Å². The molecule has 0 saturated carbocycles. The topological polar surface area (TPSA) is 84.1 Å². The Balaban J connectivity index is 1.64. The van der Waals surface area contributed by atoms with Gasteiger partial charge in [0.25, 0.3) is 0 Å². The Morgan fingerprint density at radius 2 is 2.25 bits per heavy atom. The molecule has 1 aliphatic rings. The maximum atomic E-state index is 11.4. The third-order valence-corrected chi connectivity index (χ3v) is 4.46. The SMILES string of the molecule is C[C@@H](Nc1ccc(N2CCC[C@H](C(N)=O)C2)nc1)c1cccnc1. The normalized spacial score (nSPS) is 18.9. The number of carbonyl (C=O) groups is 1. The maximum absolute atomic E-state index is 11.4. The van der Waals surface area contributed by atoms with E-state index in [1.54, 1.807) is 6.20 Å². The molecule has 1 fully saturated rings. The molecule has 0 unspecified atom stereocenters. The zero-order valence-electron chi connectivity index (χ0n) is 13.9. The van der Waals surface area contributed by atoms with Crippen LogP contribution in [0.5, 0.6) is 0 Å². The van der Waals surface area contributed by atoms with Gasteiger partial charge in [-0.3, -0.25) is 9.78 Å². The largest absolute Gasteiger partial charge is 0.377 e. The van der Waals surface area contributed by atoms with Crippen LogP contribution < -0.4 is 16.0 Å². The molecule has 24 heavy (non-hydrogen) atoms. The number of nitrogens with zero attached hydrogens (tertiary/aromatic N) is 3. The van der Waals surface area contributed by atoms with Crippen molar-refractivity contribution in [1.82, 2.24) is 9.97 Å². The van der Waals surface area contributed by atoms with Gasteiger partial charge in [0.1, 0.15) is 5.82 Å². The van der Waals surface area contributed by atoms with E-state index < -0.39 is 0 Å². The summed E-state index contributed by atoms with van der Waals surface area (Å²) in [5, 5.41) is 3.42. The molecule has 126 valence electrons. The third kappa shape index (κ3) is 3.82. The van der Waals surface area contributed by atoms with Gasteiger partial charge in [0.05, 0.1) is 23.8 Å². The Kier molecular flexibility index (Phi) is 4.93. The van der Waals surface area contributed by atoms with E-state index in [4.69, 9.17) is 5.73 Å². The lowest BCUT2D eigenvalue weighted by Crippen LogP contribution is -2.41. The number of hydrogen-bond donors (Lipinski definition) is 2.